The lowest BCUT2D eigenvalue weighted by molar-refractivity contribution is -0.148. The minimum Gasteiger partial charge on any atom is -0.486 e. The molecule has 0 aliphatic carbocycles. The van der Waals surface area contributed by atoms with Crippen molar-refractivity contribution in [3.8, 4) is 11.5 Å². The maximum atomic E-state index is 12.4. The van der Waals surface area contributed by atoms with Gasteiger partial charge in [-0.25, -0.2) is 0 Å². The quantitative estimate of drug-likeness (QED) is 0.716. The average Bonchev–Trinajstić information content (AvgIpc) is 2.67. The van der Waals surface area contributed by atoms with Crippen LogP contribution in [0.3, 0.4) is 0 Å². The first kappa shape index (κ1) is 17.4. The van der Waals surface area contributed by atoms with E-state index >= 15 is 0 Å². The van der Waals surface area contributed by atoms with Gasteiger partial charge in [-0.2, -0.15) is 0 Å². The summed E-state index contributed by atoms with van der Waals surface area (Å²) in [7, 11) is 1.45. The number of rotatable bonds is 3. The number of carbonyl (C=O) groups is 1. The Morgan fingerprint density at radius 2 is 1.88 bits per heavy atom. The van der Waals surface area contributed by atoms with Crippen LogP contribution in [0.5, 0.6) is 11.5 Å². The van der Waals surface area contributed by atoms with Gasteiger partial charge in [0.25, 0.3) is 0 Å². The molecular formula is C20H20BrNO4. The number of halogens is 1. The van der Waals surface area contributed by atoms with Crippen molar-refractivity contribution in [2.24, 2.45) is 0 Å². The van der Waals surface area contributed by atoms with E-state index in [1.54, 1.807) is 0 Å². The fraction of sp³-hybridized carbons (Fsp3) is 0.350. The number of esters is 1. The number of benzene rings is 2. The van der Waals surface area contributed by atoms with E-state index in [9.17, 15) is 4.79 Å². The van der Waals surface area contributed by atoms with Crippen molar-refractivity contribution in [2.45, 2.75) is 25.6 Å². The van der Waals surface area contributed by atoms with E-state index < -0.39 is 0 Å². The predicted octanol–water partition coefficient (Wildman–Crippen LogP) is 3.32. The molecule has 0 radical (unpaired) electrons. The summed E-state index contributed by atoms with van der Waals surface area (Å²) < 4.78 is 17.3. The Balaban J connectivity index is 1.64. The van der Waals surface area contributed by atoms with Crippen molar-refractivity contribution >= 4 is 21.9 Å². The van der Waals surface area contributed by atoms with E-state index in [4.69, 9.17) is 14.2 Å². The van der Waals surface area contributed by atoms with Crippen LogP contribution < -0.4 is 9.47 Å². The highest BCUT2D eigenvalue weighted by Gasteiger charge is 2.32. The number of carbonyl (C=O) groups excluding carboxylic acids is 1. The van der Waals surface area contributed by atoms with Crippen LogP contribution in [0.15, 0.2) is 40.9 Å². The molecule has 0 saturated carbocycles. The van der Waals surface area contributed by atoms with Gasteiger partial charge in [0, 0.05) is 17.6 Å². The summed E-state index contributed by atoms with van der Waals surface area (Å²) in [5.74, 6) is 1.30. The third kappa shape index (κ3) is 3.31. The first-order valence-corrected chi connectivity index (χ1v) is 9.41. The number of ether oxygens (including phenoxy) is 3. The molecule has 0 amide bonds. The van der Waals surface area contributed by atoms with Crippen LogP contribution in [-0.4, -0.2) is 37.2 Å². The summed E-state index contributed by atoms with van der Waals surface area (Å²) in [6, 6.07) is 11.9. The second-order valence-corrected chi connectivity index (χ2v) is 7.36. The fourth-order valence-electron chi connectivity index (χ4n) is 3.56. The topological polar surface area (TPSA) is 48.0 Å². The highest BCUT2D eigenvalue weighted by molar-refractivity contribution is 9.10. The summed E-state index contributed by atoms with van der Waals surface area (Å²) in [5.41, 5.74) is 3.52. The van der Waals surface area contributed by atoms with E-state index in [1.165, 1.54) is 18.2 Å². The molecule has 136 valence electrons. The van der Waals surface area contributed by atoms with Crippen LogP contribution in [0.4, 0.5) is 0 Å². The first-order chi connectivity index (χ1) is 12.7. The molecule has 0 bridgehead atoms. The third-order valence-electron chi connectivity index (χ3n) is 4.90. The van der Waals surface area contributed by atoms with Gasteiger partial charge in [-0.15, -0.1) is 0 Å². The summed E-state index contributed by atoms with van der Waals surface area (Å²) in [4.78, 5) is 14.5. The molecular weight excluding hydrogens is 398 g/mol. The Bertz CT molecular complexity index is 839. The Morgan fingerprint density at radius 1 is 1.19 bits per heavy atom. The van der Waals surface area contributed by atoms with Gasteiger partial charge in [-0.1, -0.05) is 40.2 Å². The van der Waals surface area contributed by atoms with Crippen LogP contribution >= 0.6 is 15.9 Å². The third-order valence-corrected chi connectivity index (χ3v) is 5.64. The van der Waals surface area contributed by atoms with Crippen LogP contribution in [0.25, 0.3) is 0 Å². The molecule has 0 fully saturated rings. The van der Waals surface area contributed by atoms with Crippen LogP contribution in [0, 0.1) is 0 Å². The van der Waals surface area contributed by atoms with Crippen LogP contribution in [0.2, 0.25) is 0 Å². The Labute approximate surface area is 161 Å². The zero-order chi connectivity index (χ0) is 18.1. The summed E-state index contributed by atoms with van der Waals surface area (Å²) in [6.07, 6.45) is 0.658. The minimum atomic E-state index is -0.296. The number of fused-ring (bicyclic) bond motifs is 2. The zero-order valence-electron chi connectivity index (χ0n) is 14.5. The molecule has 0 aromatic heterocycles. The van der Waals surface area contributed by atoms with Crippen molar-refractivity contribution < 1.29 is 19.0 Å². The van der Waals surface area contributed by atoms with Gasteiger partial charge in [-0.05, 0) is 35.2 Å². The number of hydrogen-bond acceptors (Lipinski definition) is 5. The Kier molecular flexibility index (Phi) is 4.87. The summed E-state index contributed by atoms with van der Waals surface area (Å²) >= 11 is 3.63. The molecule has 0 saturated heterocycles. The van der Waals surface area contributed by atoms with Gasteiger partial charge in [0.05, 0.1) is 7.11 Å². The Morgan fingerprint density at radius 3 is 2.62 bits per heavy atom. The van der Waals surface area contributed by atoms with Gasteiger partial charge in [-0.3, -0.25) is 9.69 Å². The van der Waals surface area contributed by atoms with Crippen molar-refractivity contribution in [3.05, 3.63) is 57.6 Å². The number of methoxy groups -OCH3 is 1. The highest BCUT2D eigenvalue weighted by atomic mass is 79.9. The molecule has 1 unspecified atom stereocenters. The molecule has 0 N–H and O–H groups in total. The second-order valence-electron chi connectivity index (χ2n) is 6.50. The molecule has 2 heterocycles. The van der Waals surface area contributed by atoms with E-state index in [0.717, 1.165) is 21.5 Å². The van der Waals surface area contributed by atoms with E-state index in [0.29, 0.717) is 32.7 Å². The summed E-state index contributed by atoms with van der Waals surface area (Å²) in [5, 5.41) is 0. The maximum absolute atomic E-state index is 12.4. The number of nitrogens with zero attached hydrogens (tertiary/aromatic N) is 1. The van der Waals surface area contributed by atoms with Gasteiger partial charge in [0.15, 0.2) is 11.5 Å². The molecule has 2 aromatic carbocycles. The normalized spacial score (nSPS) is 18.9. The van der Waals surface area contributed by atoms with Gasteiger partial charge in [0.2, 0.25) is 0 Å². The molecule has 2 aromatic rings. The van der Waals surface area contributed by atoms with Crippen molar-refractivity contribution in [2.75, 3.05) is 20.3 Å². The molecule has 2 aliphatic rings. The van der Waals surface area contributed by atoms with E-state index in [-0.39, 0.29) is 12.0 Å². The van der Waals surface area contributed by atoms with Gasteiger partial charge < -0.3 is 14.2 Å². The fourth-order valence-corrected chi connectivity index (χ4v) is 4.01. The standard InChI is InChI=1S/C20H20BrNO4/c1-24-20(23)17-8-13-4-2-3-5-14(13)11-22(17)12-15-9-18-19(10-16(15)21)26-7-6-25-18/h2-5,9-10,17H,6-8,11-12H2,1H3. The first-order valence-electron chi connectivity index (χ1n) is 8.62. The lowest BCUT2D eigenvalue weighted by Gasteiger charge is -2.35. The molecule has 1 atom stereocenters. The molecule has 26 heavy (non-hydrogen) atoms. The van der Waals surface area contributed by atoms with Crippen molar-refractivity contribution in [3.63, 3.8) is 0 Å². The minimum absolute atomic E-state index is 0.201. The van der Waals surface area contributed by atoms with Gasteiger partial charge in [0.1, 0.15) is 19.3 Å². The second kappa shape index (κ2) is 7.29. The Hall–Kier alpha value is -2.05. The maximum Gasteiger partial charge on any atom is 0.323 e. The predicted molar refractivity (Wildman–Crippen MR) is 100 cm³/mol. The SMILES string of the molecule is COC(=O)C1Cc2ccccc2CN1Cc1cc2c(cc1Br)OCCO2. The largest absolute Gasteiger partial charge is 0.486 e. The molecule has 2 aliphatic heterocycles. The smallest absolute Gasteiger partial charge is 0.323 e. The number of hydrogen-bond donors (Lipinski definition) is 0. The van der Waals surface area contributed by atoms with E-state index in [1.807, 2.05) is 24.3 Å². The lowest BCUT2D eigenvalue weighted by atomic mass is 9.93. The monoisotopic (exact) mass is 417 g/mol. The highest BCUT2D eigenvalue weighted by Crippen LogP contribution is 2.37. The molecule has 5 nitrogen and oxygen atoms in total. The molecule has 4 rings (SSSR count). The lowest BCUT2D eigenvalue weighted by Crippen LogP contribution is -2.45. The molecule has 6 heteroatoms. The van der Waals surface area contributed by atoms with Crippen molar-refractivity contribution in [1.29, 1.82) is 0 Å². The van der Waals surface area contributed by atoms with Gasteiger partial charge >= 0.3 is 5.97 Å². The zero-order valence-corrected chi connectivity index (χ0v) is 16.1. The molecule has 0 spiro atoms. The summed E-state index contributed by atoms with van der Waals surface area (Å²) in [6.45, 7) is 2.43. The average molecular weight is 418 g/mol. The van der Waals surface area contributed by atoms with Crippen LogP contribution in [0.1, 0.15) is 16.7 Å². The van der Waals surface area contributed by atoms with Crippen molar-refractivity contribution in [1.82, 2.24) is 4.90 Å². The van der Waals surface area contributed by atoms with E-state index in [2.05, 4.69) is 33.0 Å². The van der Waals surface area contributed by atoms with Crippen LogP contribution in [-0.2, 0) is 29.0 Å².